The summed E-state index contributed by atoms with van der Waals surface area (Å²) >= 11 is 0. The number of piperidine rings is 1. The van der Waals surface area contributed by atoms with Crippen molar-refractivity contribution in [2.45, 2.75) is 37.8 Å². The van der Waals surface area contributed by atoms with Gasteiger partial charge in [0.2, 0.25) is 0 Å². The van der Waals surface area contributed by atoms with E-state index in [0.29, 0.717) is 18.7 Å². The van der Waals surface area contributed by atoms with E-state index in [4.69, 9.17) is 4.42 Å². The number of nitrogens with one attached hydrogen (secondary N) is 2. The van der Waals surface area contributed by atoms with Crippen LogP contribution in [-0.2, 0) is 6.42 Å². The van der Waals surface area contributed by atoms with Crippen LogP contribution >= 0.6 is 0 Å². The Morgan fingerprint density at radius 1 is 1.06 bits per heavy atom. The topological polar surface area (TPSA) is 74.6 Å². The fourth-order valence-corrected chi connectivity index (χ4v) is 4.59. The Balaban J connectivity index is 1.21. The summed E-state index contributed by atoms with van der Waals surface area (Å²) in [5, 5.41) is 6.92. The van der Waals surface area contributed by atoms with Gasteiger partial charge < -0.3 is 20.0 Å². The molecule has 1 fully saturated rings. The van der Waals surface area contributed by atoms with Crippen LogP contribution in [0.2, 0.25) is 0 Å². The summed E-state index contributed by atoms with van der Waals surface area (Å²) in [6.07, 6.45) is 3.20. The molecule has 1 saturated heterocycles. The van der Waals surface area contributed by atoms with E-state index < -0.39 is 0 Å². The maximum atomic E-state index is 13.6. The van der Waals surface area contributed by atoms with Crippen molar-refractivity contribution in [1.29, 1.82) is 0 Å². The van der Waals surface area contributed by atoms with E-state index >= 15 is 0 Å². The van der Waals surface area contributed by atoms with Gasteiger partial charge in [0, 0.05) is 24.5 Å². The normalized spacial score (nSPS) is 20.5. The highest BCUT2D eigenvalue weighted by atomic mass is 19.1. The average molecular weight is 421 g/mol. The van der Waals surface area contributed by atoms with E-state index in [-0.39, 0.29) is 35.6 Å². The number of fused-ring (bicyclic) bond motifs is 2. The zero-order valence-corrected chi connectivity index (χ0v) is 17.1. The minimum atomic E-state index is -0.286. The molecule has 2 unspecified atom stereocenters. The first-order valence-electron chi connectivity index (χ1n) is 10.7. The SMILES string of the molecule is O=C(NC1CCCN(C(=O)NC2CCc3ccc(F)cc32)C1)c1cc2ccccc2o1. The van der Waals surface area contributed by atoms with Crippen molar-refractivity contribution in [3.05, 3.63) is 71.2 Å². The highest BCUT2D eigenvalue weighted by Crippen LogP contribution is 2.31. The molecule has 3 aromatic rings. The number of likely N-dealkylation sites (tertiary alicyclic amines) is 1. The summed E-state index contributed by atoms with van der Waals surface area (Å²) in [7, 11) is 0. The molecule has 2 aromatic carbocycles. The van der Waals surface area contributed by atoms with Gasteiger partial charge in [0.1, 0.15) is 11.4 Å². The van der Waals surface area contributed by atoms with E-state index in [0.717, 1.165) is 42.2 Å². The largest absolute Gasteiger partial charge is 0.451 e. The highest BCUT2D eigenvalue weighted by Gasteiger charge is 2.29. The average Bonchev–Trinajstić information content (AvgIpc) is 3.38. The standard InChI is InChI=1S/C24H24FN3O3/c25-17-9-7-15-8-10-20(19(15)13-17)27-24(30)28-11-3-5-18(14-28)26-23(29)22-12-16-4-1-2-6-21(16)31-22/h1-2,4,6-7,9,12-13,18,20H,3,5,8,10-11,14H2,(H,26,29)(H,27,30). The number of hydrogen-bond donors (Lipinski definition) is 2. The van der Waals surface area contributed by atoms with Gasteiger partial charge >= 0.3 is 6.03 Å². The maximum absolute atomic E-state index is 13.6. The van der Waals surface area contributed by atoms with Gasteiger partial charge in [-0.1, -0.05) is 24.3 Å². The Morgan fingerprint density at radius 3 is 2.81 bits per heavy atom. The lowest BCUT2D eigenvalue weighted by atomic mass is 10.1. The number of urea groups is 1. The molecule has 0 saturated carbocycles. The molecule has 1 aromatic heterocycles. The summed E-state index contributed by atoms with van der Waals surface area (Å²) in [6, 6.07) is 13.5. The van der Waals surface area contributed by atoms with Crippen LogP contribution in [0.15, 0.2) is 52.9 Å². The third-order valence-electron chi connectivity index (χ3n) is 6.18. The minimum Gasteiger partial charge on any atom is -0.451 e. The number of carbonyl (C=O) groups is 2. The number of carbonyl (C=O) groups excluding carboxylic acids is 2. The van der Waals surface area contributed by atoms with Crippen molar-refractivity contribution in [3.8, 4) is 0 Å². The lowest BCUT2D eigenvalue weighted by Gasteiger charge is -2.33. The number of aryl methyl sites for hydroxylation is 1. The molecule has 3 amide bonds. The van der Waals surface area contributed by atoms with E-state index in [1.165, 1.54) is 12.1 Å². The molecule has 2 atom stereocenters. The maximum Gasteiger partial charge on any atom is 0.317 e. The van der Waals surface area contributed by atoms with Gasteiger partial charge in [0.25, 0.3) is 5.91 Å². The first kappa shape index (κ1) is 19.6. The molecule has 5 rings (SSSR count). The number of para-hydroxylation sites is 1. The van der Waals surface area contributed by atoms with Gasteiger partial charge in [-0.2, -0.15) is 0 Å². The van der Waals surface area contributed by atoms with E-state index in [1.54, 1.807) is 17.0 Å². The van der Waals surface area contributed by atoms with Gasteiger partial charge in [-0.3, -0.25) is 4.79 Å². The molecule has 2 heterocycles. The molecule has 0 bridgehead atoms. The smallest absolute Gasteiger partial charge is 0.317 e. The molecule has 1 aliphatic heterocycles. The Morgan fingerprint density at radius 2 is 1.94 bits per heavy atom. The molecule has 2 aliphatic rings. The molecular weight excluding hydrogens is 397 g/mol. The van der Waals surface area contributed by atoms with Crippen LogP contribution in [0, 0.1) is 5.82 Å². The highest BCUT2D eigenvalue weighted by molar-refractivity contribution is 5.96. The molecule has 6 nitrogen and oxygen atoms in total. The monoisotopic (exact) mass is 421 g/mol. The fourth-order valence-electron chi connectivity index (χ4n) is 4.59. The predicted octanol–water partition coefficient (Wildman–Crippen LogP) is 4.16. The summed E-state index contributed by atoms with van der Waals surface area (Å²) in [6.45, 7) is 1.06. The molecule has 0 radical (unpaired) electrons. The van der Waals surface area contributed by atoms with Crippen molar-refractivity contribution in [2.75, 3.05) is 13.1 Å². The number of amides is 3. The van der Waals surface area contributed by atoms with Gasteiger partial charge in [-0.15, -0.1) is 0 Å². The third-order valence-corrected chi connectivity index (χ3v) is 6.18. The fraction of sp³-hybridized carbons (Fsp3) is 0.333. The third kappa shape index (κ3) is 4.00. The van der Waals surface area contributed by atoms with Crippen LogP contribution in [0.4, 0.5) is 9.18 Å². The number of halogens is 1. The Labute approximate surface area is 179 Å². The Bertz CT molecular complexity index is 1110. The first-order chi connectivity index (χ1) is 15.1. The summed E-state index contributed by atoms with van der Waals surface area (Å²) in [5.74, 6) is -0.290. The zero-order chi connectivity index (χ0) is 21.4. The molecule has 0 spiro atoms. The van der Waals surface area contributed by atoms with Crippen molar-refractivity contribution >= 4 is 22.9 Å². The summed E-state index contributed by atoms with van der Waals surface area (Å²) < 4.78 is 19.3. The van der Waals surface area contributed by atoms with Gasteiger partial charge in [0.15, 0.2) is 5.76 Å². The van der Waals surface area contributed by atoms with E-state index in [2.05, 4.69) is 10.6 Å². The van der Waals surface area contributed by atoms with Crippen LogP contribution in [0.3, 0.4) is 0 Å². The number of hydrogen-bond acceptors (Lipinski definition) is 3. The van der Waals surface area contributed by atoms with Crippen LogP contribution < -0.4 is 10.6 Å². The number of benzene rings is 2. The molecular formula is C24H24FN3O3. The summed E-state index contributed by atoms with van der Waals surface area (Å²) in [4.78, 5) is 27.2. The van der Waals surface area contributed by atoms with Crippen LogP contribution in [0.1, 0.15) is 47.0 Å². The van der Waals surface area contributed by atoms with Crippen molar-refractivity contribution < 1.29 is 18.4 Å². The molecule has 160 valence electrons. The second kappa shape index (κ2) is 8.06. The lowest BCUT2D eigenvalue weighted by molar-refractivity contribution is 0.0884. The van der Waals surface area contributed by atoms with Gasteiger partial charge in [-0.25, -0.2) is 9.18 Å². The van der Waals surface area contributed by atoms with Crippen molar-refractivity contribution in [1.82, 2.24) is 15.5 Å². The molecule has 31 heavy (non-hydrogen) atoms. The first-order valence-corrected chi connectivity index (χ1v) is 10.7. The second-order valence-electron chi connectivity index (χ2n) is 8.29. The Hall–Kier alpha value is -3.35. The molecule has 2 N–H and O–H groups in total. The Kier molecular flexibility index (Phi) is 5.10. The van der Waals surface area contributed by atoms with E-state index in [9.17, 15) is 14.0 Å². The molecule has 7 heteroatoms. The number of nitrogens with zero attached hydrogens (tertiary/aromatic N) is 1. The molecule has 1 aliphatic carbocycles. The minimum absolute atomic E-state index is 0.145. The lowest BCUT2D eigenvalue weighted by Crippen LogP contribution is -2.52. The number of rotatable bonds is 3. The van der Waals surface area contributed by atoms with Crippen LogP contribution in [-0.4, -0.2) is 36.0 Å². The quantitative estimate of drug-likeness (QED) is 0.667. The zero-order valence-electron chi connectivity index (χ0n) is 17.1. The summed E-state index contributed by atoms with van der Waals surface area (Å²) in [5.41, 5.74) is 2.62. The number of furan rings is 1. The van der Waals surface area contributed by atoms with Crippen LogP contribution in [0.25, 0.3) is 11.0 Å². The van der Waals surface area contributed by atoms with E-state index in [1.807, 2.05) is 24.3 Å². The second-order valence-corrected chi connectivity index (χ2v) is 8.29. The van der Waals surface area contributed by atoms with Gasteiger partial charge in [-0.05, 0) is 61.1 Å². The van der Waals surface area contributed by atoms with Crippen LogP contribution in [0.5, 0.6) is 0 Å². The van der Waals surface area contributed by atoms with Crippen molar-refractivity contribution in [3.63, 3.8) is 0 Å². The van der Waals surface area contributed by atoms with Gasteiger partial charge in [0.05, 0.1) is 6.04 Å². The van der Waals surface area contributed by atoms with Crippen molar-refractivity contribution in [2.24, 2.45) is 0 Å². The predicted molar refractivity (Wildman–Crippen MR) is 114 cm³/mol.